The van der Waals surface area contributed by atoms with Crippen molar-refractivity contribution in [3.8, 4) is 0 Å². The van der Waals surface area contributed by atoms with E-state index in [0.717, 1.165) is 19.3 Å². The van der Waals surface area contributed by atoms with Gasteiger partial charge >= 0.3 is 6.09 Å². The van der Waals surface area contributed by atoms with Crippen LogP contribution in [0.1, 0.15) is 19.3 Å². The first kappa shape index (κ1) is 9.25. The number of carbonyl (C=O) groups is 1. The second-order valence-corrected chi connectivity index (χ2v) is 3.53. The number of nitrogens with two attached hydrogens (primary N) is 1. The smallest absolute Gasteiger partial charge is 0.404 e. The molecule has 68 valence electrons. The van der Waals surface area contributed by atoms with Crippen LogP contribution in [-0.4, -0.2) is 22.2 Å². The summed E-state index contributed by atoms with van der Waals surface area (Å²) in [6.07, 6.45) is 1.53. The molecule has 1 aliphatic rings. The van der Waals surface area contributed by atoms with E-state index in [4.69, 9.17) is 23.1 Å². The molecule has 1 rings (SSSR count). The first-order valence-electron chi connectivity index (χ1n) is 3.88. The molecule has 2 atom stereocenters. The second-order valence-electron chi connectivity index (χ2n) is 3.06. The molecule has 1 amide bonds. The summed E-state index contributed by atoms with van der Waals surface area (Å²) in [5, 5.41) is 10.9. The number of thiocarbonyl (C=S) groups is 1. The third kappa shape index (κ3) is 2.34. The SMILES string of the molecule is NC(=S)[C@@H]1CC[C@H](NC(=O)O)C1. The van der Waals surface area contributed by atoms with Crippen LogP contribution in [0, 0.1) is 5.92 Å². The van der Waals surface area contributed by atoms with Gasteiger partial charge in [0.2, 0.25) is 0 Å². The summed E-state index contributed by atoms with van der Waals surface area (Å²) in [5.74, 6) is 0.219. The van der Waals surface area contributed by atoms with Gasteiger partial charge in [-0.2, -0.15) is 0 Å². The van der Waals surface area contributed by atoms with Crippen LogP contribution in [0.5, 0.6) is 0 Å². The fourth-order valence-corrected chi connectivity index (χ4v) is 1.76. The van der Waals surface area contributed by atoms with Crippen LogP contribution < -0.4 is 11.1 Å². The Bertz CT molecular complexity index is 208. The number of carboxylic acid groups (broad SMARTS) is 1. The number of rotatable bonds is 2. The lowest BCUT2D eigenvalue weighted by Crippen LogP contribution is -2.32. The number of hydrogen-bond donors (Lipinski definition) is 3. The first-order valence-corrected chi connectivity index (χ1v) is 4.29. The maximum Gasteiger partial charge on any atom is 0.404 e. The average Bonchev–Trinajstić information content (AvgIpc) is 2.34. The molecular formula is C7H12N2O2S. The lowest BCUT2D eigenvalue weighted by molar-refractivity contribution is 0.190. The van der Waals surface area contributed by atoms with Crippen molar-refractivity contribution in [2.24, 2.45) is 11.7 Å². The molecule has 0 unspecified atom stereocenters. The molecule has 0 radical (unpaired) electrons. The normalized spacial score (nSPS) is 28.3. The molecule has 1 fully saturated rings. The van der Waals surface area contributed by atoms with Crippen molar-refractivity contribution in [3.05, 3.63) is 0 Å². The minimum absolute atomic E-state index is 0.0361. The van der Waals surface area contributed by atoms with Gasteiger partial charge < -0.3 is 16.2 Å². The van der Waals surface area contributed by atoms with Crippen molar-refractivity contribution in [2.75, 3.05) is 0 Å². The zero-order chi connectivity index (χ0) is 9.14. The van der Waals surface area contributed by atoms with E-state index in [1.807, 2.05) is 0 Å². The maximum atomic E-state index is 10.3. The predicted molar refractivity (Wildman–Crippen MR) is 49.1 cm³/mol. The van der Waals surface area contributed by atoms with Gasteiger partial charge in [0.25, 0.3) is 0 Å². The number of amides is 1. The van der Waals surface area contributed by atoms with E-state index in [1.165, 1.54) is 0 Å². The van der Waals surface area contributed by atoms with Crippen LogP contribution in [0.3, 0.4) is 0 Å². The van der Waals surface area contributed by atoms with Crippen molar-refractivity contribution >= 4 is 23.3 Å². The topological polar surface area (TPSA) is 75.3 Å². The van der Waals surface area contributed by atoms with E-state index in [1.54, 1.807) is 0 Å². The lowest BCUT2D eigenvalue weighted by atomic mass is 10.1. The molecule has 12 heavy (non-hydrogen) atoms. The number of hydrogen-bond acceptors (Lipinski definition) is 2. The van der Waals surface area contributed by atoms with Crippen LogP contribution >= 0.6 is 12.2 Å². The van der Waals surface area contributed by atoms with Crippen molar-refractivity contribution in [1.29, 1.82) is 0 Å². The third-order valence-corrected chi connectivity index (χ3v) is 2.50. The van der Waals surface area contributed by atoms with E-state index in [9.17, 15) is 4.79 Å². The van der Waals surface area contributed by atoms with Crippen LogP contribution in [0.2, 0.25) is 0 Å². The molecule has 1 aliphatic carbocycles. The molecule has 4 nitrogen and oxygen atoms in total. The Morgan fingerprint density at radius 3 is 2.67 bits per heavy atom. The average molecular weight is 188 g/mol. The summed E-state index contributed by atoms with van der Waals surface area (Å²) in [6.45, 7) is 0. The Morgan fingerprint density at radius 2 is 2.25 bits per heavy atom. The van der Waals surface area contributed by atoms with E-state index in [2.05, 4.69) is 5.32 Å². The molecule has 5 heteroatoms. The van der Waals surface area contributed by atoms with Gasteiger partial charge in [-0.1, -0.05) is 12.2 Å². The highest BCUT2D eigenvalue weighted by atomic mass is 32.1. The van der Waals surface area contributed by atoms with Crippen LogP contribution in [0.4, 0.5) is 4.79 Å². The van der Waals surface area contributed by atoms with Gasteiger partial charge in [-0.15, -0.1) is 0 Å². The van der Waals surface area contributed by atoms with Crippen LogP contribution in [-0.2, 0) is 0 Å². The van der Waals surface area contributed by atoms with Crippen LogP contribution in [0.25, 0.3) is 0 Å². The minimum Gasteiger partial charge on any atom is -0.465 e. The van der Waals surface area contributed by atoms with Gasteiger partial charge in [0.05, 0.1) is 4.99 Å². The fraction of sp³-hybridized carbons (Fsp3) is 0.714. The second kappa shape index (κ2) is 3.71. The van der Waals surface area contributed by atoms with Crippen molar-refractivity contribution < 1.29 is 9.90 Å². The highest BCUT2D eigenvalue weighted by Crippen LogP contribution is 2.25. The Morgan fingerprint density at radius 1 is 1.58 bits per heavy atom. The van der Waals surface area contributed by atoms with Gasteiger partial charge in [-0.25, -0.2) is 4.79 Å². The minimum atomic E-state index is -0.969. The molecule has 0 spiro atoms. The van der Waals surface area contributed by atoms with Gasteiger partial charge in [-0.05, 0) is 19.3 Å². The largest absolute Gasteiger partial charge is 0.465 e. The zero-order valence-electron chi connectivity index (χ0n) is 6.62. The Kier molecular flexibility index (Phi) is 2.86. The molecule has 0 bridgehead atoms. The molecule has 0 heterocycles. The van der Waals surface area contributed by atoms with Gasteiger partial charge in [0.15, 0.2) is 0 Å². The third-order valence-electron chi connectivity index (χ3n) is 2.16. The molecule has 0 aliphatic heterocycles. The van der Waals surface area contributed by atoms with Crippen LogP contribution in [0.15, 0.2) is 0 Å². The monoisotopic (exact) mass is 188 g/mol. The lowest BCUT2D eigenvalue weighted by Gasteiger charge is -2.09. The summed E-state index contributed by atoms with van der Waals surface area (Å²) in [4.78, 5) is 10.8. The zero-order valence-corrected chi connectivity index (χ0v) is 7.43. The number of nitrogens with one attached hydrogen (secondary N) is 1. The Labute approximate surface area is 76.1 Å². The summed E-state index contributed by atoms with van der Waals surface area (Å²) in [5.41, 5.74) is 5.45. The summed E-state index contributed by atoms with van der Waals surface area (Å²) >= 11 is 4.82. The van der Waals surface area contributed by atoms with E-state index >= 15 is 0 Å². The highest BCUT2D eigenvalue weighted by Gasteiger charge is 2.27. The Hall–Kier alpha value is -0.840. The Balaban J connectivity index is 2.35. The van der Waals surface area contributed by atoms with Gasteiger partial charge in [-0.3, -0.25) is 0 Å². The maximum absolute atomic E-state index is 10.3. The van der Waals surface area contributed by atoms with Gasteiger partial charge in [0.1, 0.15) is 0 Å². The van der Waals surface area contributed by atoms with E-state index in [0.29, 0.717) is 4.99 Å². The quantitative estimate of drug-likeness (QED) is 0.558. The summed E-state index contributed by atoms with van der Waals surface area (Å²) in [7, 11) is 0. The van der Waals surface area contributed by atoms with Crippen molar-refractivity contribution in [1.82, 2.24) is 5.32 Å². The summed E-state index contributed by atoms with van der Waals surface area (Å²) < 4.78 is 0. The van der Waals surface area contributed by atoms with Crippen molar-refractivity contribution in [2.45, 2.75) is 25.3 Å². The molecular weight excluding hydrogens is 176 g/mol. The molecule has 0 aromatic heterocycles. The molecule has 1 saturated carbocycles. The van der Waals surface area contributed by atoms with E-state index < -0.39 is 6.09 Å². The van der Waals surface area contributed by atoms with Crippen molar-refractivity contribution in [3.63, 3.8) is 0 Å². The molecule has 0 aromatic rings. The molecule has 4 N–H and O–H groups in total. The predicted octanol–water partition coefficient (Wildman–Crippen LogP) is 0.709. The van der Waals surface area contributed by atoms with E-state index in [-0.39, 0.29) is 12.0 Å². The first-order chi connectivity index (χ1) is 5.59. The summed E-state index contributed by atoms with van der Waals surface area (Å²) in [6, 6.07) is 0.0361. The molecule has 0 saturated heterocycles. The fourth-order valence-electron chi connectivity index (χ4n) is 1.55. The van der Waals surface area contributed by atoms with Gasteiger partial charge in [0, 0.05) is 12.0 Å². The standard InChI is InChI=1S/C7H12N2O2S/c8-6(12)4-1-2-5(3-4)9-7(10)11/h4-5,9H,1-3H2,(H2,8,12)(H,10,11)/t4-,5+/m1/s1. The molecule has 0 aromatic carbocycles. The highest BCUT2D eigenvalue weighted by molar-refractivity contribution is 7.80.